The number of benzene rings is 2. The number of dihydropyridines is 1. The van der Waals surface area contributed by atoms with Crippen molar-refractivity contribution in [1.29, 1.82) is 0 Å². The number of Topliss-reactive ketones (excluding diaryl/α,β-unsaturated/α-hetero) is 1. The lowest BCUT2D eigenvalue weighted by Gasteiger charge is -2.34. The number of carbonyl (C=O) groups is 2. The number of nitro groups is 1. The number of anilines is 1. The fourth-order valence-electron chi connectivity index (χ4n) is 4.14. The van der Waals surface area contributed by atoms with Crippen molar-refractivity contribution in [2.75, 3.05) is 5.32 Å². The van der Waals surface area contributed by atoms with Gasteiger partial charge >= 0.3 is 0 Å². The van der Waals surface area contributed by atoms with Crippen LogP contribution in [0, 0.1) is 15.9 Å². The number of rotatable bonds is 4. The van der Waals surface area contributed by atoms with E-state index in [9.17, 15) is 24.1 Å². The van der Waals surface area contributed by atoms with Gasteiger partial charge in [0.15, 0.2) is 5.78 Å². The average Bonchev–Trinajstić information content (AvgIpc) is 2.74. The fraction of sp³-hybridized carbons (Fsp3) is 0.217. The lowest BCUT2D eigenvalue weighted by Crippen LogP contribution is -2.35. The van der Waals surface area contributed by atoms with Gasteiger partial charge in [0.05, 0.1) is 4.92 Å². The molecule has 0 fully saturated rings. The highest BCUT2D eigenvalue weighted by atomic mass is 19.1. The minimum Gasteiger partial charge on any atom is -0.362 e. The molecule has 2 aromatic carbocycles. The molecule has 158 valence electrons. The highest BCUT2D eigenvalue weighted by Crippen LogP contribution is 2.42. The molecule has 0 spiro atoms. The largest absolute Gasteiger partial charge is 0.362 e. The smallest absolute Gasteiger partial charge is 0.269 e. The number of carbonyl (C=O) groups excluding carboxylic acids is 2. The van der Waals surface area contributed by atoms with Gasteiger partial charge in [-0.05, 0) is 49.6 Å². The molecule has 31 heavy (non-hydrogen) atoms. The van der Waals surface area contributed by atoms with Crippen molar-refractivity contribution in [2.45, 2.75) is 32.1 Å². The summed E-state index contributed by atoms with van der Waals surface area (Å²) in [4.78, 5) is 36.7. The van der Waals surface area contributed by atoms with E-state index >= 15 is 0 Å². The van der Waals surface area contributed by atoms with E-state index in [0.717, 1.165) is 12.1 Å². The van der Waals surface area contributed by atoms with E-state index < -0.39 is 22.6 Å². The molecule has 0 saturated heterocycles. The lowest BCUT2D eigenvalue weighted by atomic mass is 9.75. The van der Waals surface area contributed by atoms with Gasteiger partial charge in [-0.1, -0.05) is 12.1 Å². The molecule has 1 aliphatic heterocycles. The first-order chi connectivity index (χ1) is 14.8. The number of allylic oxidation sites excluding steroid dienone is 3. The topological polar surface area (TPSA) is 101 Å². The third-order valence-electron chi connectivity index (χ3n) is 5.56. The average molecular weight is 421 g/mol. The Bertz CT molecular complexity index is 1130. The molecule has 8 heteroatoms. The van der Waals surface area contributed by atoms with Crippen LogP contribution in [0.25, 0.3) is 0 Å². The molecule has 7 nitrogen and oxygen atoms in total. The first-order valence-electron chi connectivity index (χ1n) is 9.90. The van der Waals surface area contributed by atoms with Crippen LogP contribution in [0.15, 0.2) is 71.1 Å². The molecular weight excluding hydrogens is 401 g/mol. The van der Waals surface area contributed by atoms with E-state index in [2.05, 4.69) is 10.6 Å². The highest BCUT2D eigenvalue weighted by molar-refractivity contribution is 6.09. The summed E-state index contributed by atoms with van der Waals surface area (Å²) in [7, 11) is 0. The van der Waals surface area contributed by atoms with Crippen molar-refractivity contribution in [3.8, 4) is 0 Å². The Labute approximate surface area is 177 Å². The first-order valence-corrected chi connectivity index (χ1v) is 9.90. The van der Waals surface area contributed by atoms with Gasteiger partial charge in [-0.15, -0.1) is 0 Å². The quantitative estimate of drug-likeness (QED) is 0.565. The Morgan fingerprint density at radius 2 is 1.81 bits per heavy atom. The summed E-state index contributed by atoms with van der Waals surface area (Å²) in [5.41, 5.74) is 3.25. The molecule has 1 heterocycles. The van der Waals surface area contributed by atoms with E-state index in [-0.39, 0.29) is 11.5 Å². The van der Waals surface area contributed by atoms with Crippen molar-refractivity contribution in [3.63, 3.8) is 0 Å². The molecule has 1 amide bonds. The Morgan fingerprint density at radius 3 is 2.45 bits per heavy atom. The number of non-ortho nitro benzene ring substituents is 1. The summed E-state index contributed by atoms with van der Waals surface area (Å²) >= 11 is 0. The maximum atomic E-state index is 13.3. The third-order valence-corrected chi connectivity index (χ3v) is 5.56. The number of amides is 1. The number of nitrogens with zero attached hydrogens (tertiary/aromatic N) is 1. The molecule has 0 bridgehead atoms. The monoisotopic (exact) mass is 421 g/mol. The molecule has 0 radical (unpaired) electrons. The minimum absolute atomic E-state index is 0.0447. The summed E-state index contributed by atoms with van der Waals surface area (Å²) in [6, 6.07) is 11.3. The number of hydrogen-bond acceptors (Lipinski definition) is 5. The van der Waals surface area contributed by atoms with Gasteiger partial charge in [-0.3, -0.25) is 19.7 Å². The second-order valence-electron chi connectivity index (χ2n) is 7.58. The lowest BCUT2D eigenvalue weighted by molar-refractivity contribution is -0.384. The summed E-state index contributed by atoms with van der Waals surface area (Å²) < 4.78 is 13.2. The second kappa shape index (κ2) is 8.14. The molecule has 2 aliphatic rings. The van der Waals surface area contributed by atoms with Crippen LogP contribution >= 0.6 is 0 Å². The van der Waals surface area contributed by atoms with E-state index in [4.69, 9.17) is 0 Å². The van der Waals surface area contributed by atoms with E-state index in [1.54, 1.807) is 19.1 Å². The SMILES string of the molecule is CC1=C(C(=O)Nc2ccc(F)cc2)C(c2ccc([N+](=O)[O-])cc2)C2=C(CCCC2=O)N1. The molecule has 0 aromatic heterocycles. The summed E-state index contributed by atoms with van der Waals surface area (Å²) in [5, 5.41) is 17.0. The van der Waals surface area contributed by atoms with Gasteiger partial charge in [0.25, 0.3) is 11.6 Å². The molecule has 1 atom stereocenters. The van der Waals surface area contributed by atoms with Gasteiger partial charge < -0.3 is 10.6 Å². The summed E-state index contributed by atoms with van der Waals surface area (Å²) in [6.07, 6.45) is 1.80. The van der Waals surface area contributed by atoms with E-state index in [1.807, 2.05) is 0 Å². The predicted molar refractivity (Wildman–Crippen MR) is 113 cm³/mol. The van der Waals surface area contributed by atoms with Crippen molar-refractivity contribution < 1.29 is 18.9 Å². The number of halogens is 1. The van der Waals surface area contributed by atoms with Gasteiger partial charge in [0.1, 0.15) is 5.82 Å². The van der Waals surface area contributed by atoms with Crippen LogP contribution in [0.5, 0.6) is 0 Å². The first kappa shape index (κ1) is 20.5. The van der Waals surface area contributed by atoms with Crippen LogP contribution in [0.1, 0.15) is 37.7 Å². The van der Waals surface area contributed by atoms with Crippen molar-refractivity contribution in [2.24, 2.45) is 0 Å². The van der Waals surface area contributed by atoms with Crippen molar-refractivity contribution in [3.05, 3.63) is 92.6 Å². The molecular formula is C23H20FN3O4. The number of ketones is 1. The number of hydrogen-bond donors (Lipinski definition) is 2. The Balaban J connectivity index is 1.77. The maximum Gasteiger partial charge on any atom is 0.269 e. The minimum atomic E-state index is -0.648. The van der Waals surface area contributed by atoms with E-state index in [1.165, 1.54) is 36.4 Å². The molecule has 4 rings (SSSR count). The van der Waals surface area contributed by atoms with Crippen LogP contribution in [0.3, 0.4) is 0 Å². The zero-order valence-corrected chi connectivity index (χ0v) is 16.8. The molecule has 2 aromatic rings. The molecule has 2 N–H and O–H groups in total. The fourth-order valence-corrected chi connectivity index (χ4v) is 4.14. The number of nitro benzene ring substituents is 1. The molecule has 1 aliphatic carbocycles. The third kappa shape index (κ3) is 3.96. The summed E-state index contributed by atoms with van der Waals surface area (Å²) in [6.45, 7) is 1.76. The normalized spacial score (nSPS) is 18.4. The summed E-state index contributed by atoms with van der Waals surface area (Å²) in [5.74, 6) is -1.54. The van der Waals surface area contributed by atoms with Gasteiger partial charge in [-0.25, -0.2) is 4.39 Å². The number of nitrogens with one attached hydrogen (secondary N) is 2. The Hall–Kier alpha value is -3.81. The van der Waals surface area contributed by atoms with Gasteiger partial charge in [0, 0.05) is 52.7 Å². The van der Waals surface area contributed by atoms with Crippen LogP contribution < -0.4 is 10.6 Å². The molecule has 1 unspecified atom stereocenters. The van der Waals surface area contributed by atoms with Crippen molar-refractivity contribution in [1.82, 2.24) is 5.32 Å². The van der Waals surface area contributed by atoms with E-state index in [0.29, 0.717) is 40.9 Å². The maximum absolute atomic E-state index is 13.3. The van der Waals surface area contributed by atoms with Crippen LogP contribution in [0.4, 0.5) is 15.8 Å². The standard InChI is InChI=1S/C23H20FN3O4/c1-13-20(23(29)26-16-9-7-15(24)8-10-16)21(14-5-11-17(12-6-14)27(30)31)22-18(25-13)3-2-4-19(22)28/h5-12,21,25H,2-4H2,1H3,(H,26,29). The predicted octanol–water partition coefficient (Wildman–Crippen LogP) is 4.34. The Morgan fingerprint density at radius 1 is 1.13 bits per heavy atom. The zero-order chi connectivity index (χ0) is 22.1. The van der Waals surface area contributed by atoms with Gasteiger partial charge in [0.2, 0.25) is 0 Å². The van der Waals surface area contributed by atoms with Crippen molar-refractivity contribution >= 4 is 23.1 Å². The van der Waals surface area contributed by atoms with Crippen LogP contribution in [0.2, 0.25) is 0 Å². The van der Waals surface area contributed by atoms with Gasteiger partial charge in [-0.2, -0.15) is 0 Å². The Kier molecular flexibility index (Phi) is 5.37. The zero-order valence-electron chi connectivity index (χ0n) is 16.8. The van der Waals surface area contributed by atoms with Crippen LogP contribution in [-0.2, 0) is 9.59 Å². The second-order valence-corrected chi connectivity index (χ2v) is 7.58. The highest BCUT2D eigenvalue weighted by Gasteiger charge is 2.38. The molecule has 0 saturated carbocycles. The van der Waals surface area contributed by atoms with Crippen LogP contribution in [-0.4, -0.2) is 16.6 Å².